The van der Waals surface area contributed by atoms with Gasteiger partial charge in [0.05, 0.1) is 0 Å². The molecule has 0 fully saturated rings. The average molecular weight is 279 g/mol. The zero-order valence-corrected chi connectivity index (χ0v) is 11.9. The fourth-order valence-corrected chi connectivity index (χ4v) is 2.41. The molecule has 3 rings (SSSR count). The summed E-state index contributed by atoms with van der Waals surface area (Å²) in [5.41, 5.74) is 5.39. The third-order valence-electron chi connectivity index (χ3n) is 3.45. The van der Waals surface area contributed by atoms with E-state index in [-0.39, 0.29) is 5.97 Å². The number of fused-ring (bicyclic) bond motifs is 1. The Bertz CT molecular complexity index is 690. The highest BCUT2D eigenvalue weighted by molar-refractivity contribution is 5.84. The van der Waals surface area contributed by atoms with E-state index in [4.69, 9.17) is 4.74 Å². The molecule has 0 aromatic heterocycles. The molecule has 0 amide bonds. The molecule has 3 nitrogen and oxygen atoms in total. The smallest absolute Gasteiger partial charge is 0.332 e. The SMILES string of the molecule is Cc1ccc2c(c1)C/C(=C/C(=O)OCc1ccccc1)N2. The zero-order valence-electron chi connectivity index (χ0n) is 11.9. The van der Waals surface area contributed by atoms with Crippen LogP contribution in [0.3, 0.4) is 0 Å². The second-order valence-corrected chi connectivity index (χ2v) is 5.23. The minimum absolute atomic E-state index is 0.301. The summed E-state index contributed by atoms with van der Waals surface area (Å²) >= 11 is 0. The van der Waals surface area contributed by atoms with Crippen LogP contribution in [0.1, 0.15) is 16.7 Å². The van der Waals surface area contributed by atoms with E-state index in [9.17, 15) is 4.79 Å². The van der Waals surface area contributed by atoms with Gasteiger partial charge in [0, 0.05) is 23.9 Å². The molecule has 2 aromatic rings. The third kappa shape index (κ3) is 3.31. The van der Waals surface area contributed by atoms with Crippen molar-refractivity contribution >= 4 is 11.7 Å². The predicted octanol–water partition coefficient (Wildman–Crippen LogP) is 3.59. The summed E-state index contributed by atoms with van der Waals surface area (Å²) in [6, 6.07) is 15.9. The van der Waals surface area contributed by atoms with Crippen molar-refractivity contribution in [2.45, 2.75) is 20.0 Å². The molecule has 0 saturated carbocycles. The van der Waals surface area contributed by atoms with Crippen LogP contribution in [0.4, 0.5) is 5.69 Å². The number of allylic oxidation sites excluding steroid dienone is 1. The van der Waals surface area contributed by atoms with Crippen LogP contribution >= 0.6 is 0 Å². The summed E-state index contributed by atoms with van der Waals surface area (Å²) in [7, 11) is 0. The number of rotatable bonds is 3. The molecule has 106 valence electrons. The molecule has 0 saturated heterocycles. The fraction of sp³-hybridized carbons (Fsp3) is 0.167. The molecule has 0 aliphatic carbocycles. The molecular formula is C18H17NO2. The van der Waals surface area contributed by atoms with Gasteiger partial charge in [-0.05, 0) is 24.1 Å². The molecule has 0 unspecified atom stereocenters. The van der Waals surface area contributed by atoms with Crippen molar-refractivity contribution in [1.82, 2.24) is 0 Å². The maximum absolute atomic E-state index is 11.9. The van der Waals surface area contributed by atoms with Gasteiger partial charge in [-0.2, -0.15) is 0 Å². The maximum atomic E-state index is 11.9. The van der Waals surface area contributed by atoms with Crippen molar-refractivity contribution in [3.8, 4) is 0 Å². The van der Waals surface area contributed by atoms with Gasteiger partial charge in [0.1, 0.15) is 6.61 Å². The monoisotopic (exact) mass is 279 g/mol. The summed E-state index contributed by atoms with van der Waals surface area (Å²) in [6.07, 6.45) is 2.29. The number of hydrogen-bond acceptors (Lipinski definition) is 3. The van der Waals surface area contributed by atoms with Gasteiger partial charge in [0.25, 0.3) is 0 Å². The molecule has 2 aromatic carbocycles. The Morgan fingerprint density at radius 3 is 2.86 bits per heavy atom. The number of hydrogen-bond donors (Lipinski definition) is 1. The van der Waals surface area contributed by atoms with Crippen molar-refractivity contribution in [1.29, 1.82) is 0 Å². The lowest BCUT2D eigenvalue weighted by atomic mass is 10.1. The molecule has 1 aliphatic rings. The minimum atomic E-state index is -0.314. The average Bonchev–Trinajstić information content (AvgIpc) is 2.87. The Morgan fingerprint density at radius 1 is 1.24 bits per heavy atom. The molecule has 21 heavy (non-hydrogen) atoms. The van der Waals surface area contributed by atoms with E-state index in [1.54, 1.807) is 0 Å². The van der Waals surface area contributed by atoms with Crippen LogP contribution < -0.4 is 5.32 Å². The Hall–Kier alpha value is -2.55. The van der Waals surface area contributed by atoms with Crippen LogP contribution in [0.25, 0.3) is 0 Å². The van der Waals surface area contributed by atoms with Crippen molar-refractivity contribution in [2.75, 3.05) is 5.32 Å². The minimum Gasteiger partial charge on any atom is -0.458 e. The Kier molecular flexibility index (Phi) is 3.73. The van der Waals surface area contributed by atoms with Crippen LogP contribution in [-0.4, -0.2) is 5.97 Å². The summed E-state index contributed by atoms with van der Waals surface area (Å²) in [5, 5.41) is 3.25. The van der Waals surface area contributed by atoms with Crippen LogP contribution in [0.15, 0.2) is 60.3 Å². The number of ether oxygens (including phenoxy) is 1. The van der Waals surface area contributed by atoms with Gasteiger partial charge in [0.2, 0.25) is 0 Å². The molecular weight excluding hydrogens is 262 g/mol. The number of carbonyl (C=O) groups excluding carboxylic acids is 1. The quantitative estimate of drug-likeness (QED) is 0.689. The highest BCUT2D eigenvalue weighted by atomic mass is 16.5. The Balaban J connectivity index is 1.60. The lowest BCUT2D eigenvalue weighted by Crippen LogP contribution is -2.04. The van der Waals surface area contributed by atoms with Crippen molar-refractivity contribution < 1.29 is 9.53 Å². The van der Waals surface area contributed by atoms with E-state index < -0.39 is 0 Å². The number of nitrogens with one attached hydrogen (secondary N) is 1. The molecule has 1 heterocycles. The lowest BCUT2D eigenvalue weighted by Gasteiger charge is -2.03. The topological polar surface area (TPSA) is 38.3 Å². The number of benzene rings is 2. The van der Waals surface area contributed by atoms with E-state index in [1.165, 1.54) is 17.2 Å². The predicted molar refractivity (Wildman–Crippen MR) is 82.8 cm³/mol. The third-order valence-corrected chi connectivity index (χ3v) is 3.45. The second-order valence-electron chi connectivity index (χ2n) is 5.23. The first-order chi connectivity index (χ1) is 10.2. The van der Waals surface area contributed by atoms with Crippen LogP contribution in [-0.2, 0) is 22.6 Å². The fourth-order valence-electron chi connectivity index (χ4n) is 2.41. The van der Waals surface area contributed by atoms with Gasteiger partial charge in [0.15, 0.2) is 0 Å². The van der Waals surface area contributed by atoms with Gasteiger partial charge >= 0.3 is 5.97 Å². The molecule has 1 aliphatic heterocycles. The highest BCUT2D eigenvalue weighted by Crippen LogP contribution is 2.28. The summed E-state index contributed by atoms with van der Waals surface area (Å²) < 4.78 is 5.26. The molecule has 0 atom stereocenters. The van der Waals surface area contributed by atoms with E-state index in [1.807, 2.05) is 36.4 Å². The number of esters is 1. The van der Waals surface area contributed by atoms with Crippen LogP contribution in [0.2, 0.25) is 0 Å². The summed E-state index contributed by atoms with van der Waals surface area (Å²) in [4.78, 5) is 11.9. The first kappa shape index (κ1) is 13.4. The maximum Gasteiger partial charge on any atom is 0.332 e. The van der Waals surface area contributed by atoms with Crippen LogP contribution in [0, 0.1) is 6.92 Å². The van der Waals surface area contributed by atoms with Gasteiger partial charge in [-0.1, -0.05) is 48.0 Å². The number of carbonyl (C=O) groups is 1. The highest BCUT2D eigenvalue weighted by Gasteiger charge is 2.15. The normalized spacial score (nSPS) is 14.6. The van der Waals surface area contributed by atoms with Gasteiger partial charge in [-0.25, -0.2) is 4.79 Å². The lowest BCUT2D eigenvalue weighted by molar-refractivity contribution is -0.139. The molecule has 0 radical (unpaired) electrons. The molecule has 0 bridgehead atoms. The Labute approximate surface area is 124 Å². The molecule has 3 heteroatoms. The molecule has 0 spiro atoms. The first-order valence-corrected chi connectivity index (χ1v) is 6.98. The summed E-state index contributed by atoms with van der Waals surface area (Å²) in [6.45, 7) is 2.37. The van der Waals surface area contributed by atoms with Crippen molar-refractivity contribution in [3.63, 3.8) is 0 Å². The van der Waals surface area contributed by atoms with Crippen molar-refractivity contribution in [3.05, 3.63) is 77.0 Å². The van der Waals surface area contributed by atoms with Gasteiger partial charge in [-0.3, -0.25) is 0 Å². The molecule has 1 N–H and O–H groups in total. The zero-order chi connectivity index (χ0) is 14.7. The second kappa shape index (κ2) is 5.83. The van der Waals surface area contributed by atoms with Gasteiger partial charge < -0.3 is 10.1 Å². The van der Waals surface area contributed by atoms with Crippen LogP contribution in [0.5, 0.6) is 0 Å². The van der Waals surface area contributed by atoms with Crippen molar-refractivity contribution in [2.24, 2.45) is 0 Å². The van der Waals surface area contributed by atoms with E-state index in [0.29, 0.717) is 6.61 Å². The Morgan fingerprint density at radius 2 is 2.05 bits per heavy atom. The largest absolute Gasteiger partial charge is 0.458 e. The van der Waals surface area contributed by atoms with E-state index >= 15 is 0 Å². The van der Waals surface area contributed by atoms with E-state index in [2.05, 4.69) is 24.4 Å². The van der Waals surface area contributed by atoms with Gasteiger partial charge in [-0.15, -0.1) is 0 Å². The first-order valence-electron chi connectivity index (χ1n) is 6.98. The number of aryl methyl sites for hydroxylation is 1. The van der Waals surface area contributed by atoms with E-state index in [0.717, 1.165) is 23.4 Å². The standard InChI is InChI=1S/C18H17NO2/c1-13-7-8-17-15(9-13)10-16(19-17)11-18(20)21-12-14-5-3-2-4-6-14/h2-9,11,19H,10,12H2,1H3/b16-11-. The summed E-state index contributed by atoms with van der Waals surface area (Å²) in [5.74, 6) is -0.314. The number of anilines is 1.